The Bertz CT molecular complexity index is 730. The van der Waals surface area contributed by atoms with Crippen molar-refractivity contribution in [3.8, 4) is 0 Å². The van der Waals surface area contributed by atoms with Crippen LogP contribution in [-0.4, -0.2) is 85.5 Å². The zero-order chi connectivity index (χ0) is 21.1. The highest BCUT2D eigenvalue weighted by atomic mass is 16.5. The molecule has 2 saturated heterocycles. The maximum atomic E-state index is 13.2. The summed E-state index contributed by atoms with van der Waals surface area (Å²) < 4.78 is 5.35. The van der Waals surface area contributed by atoms with E-state index in [1.807, 2.05) is 30.8 Å². The molecule has 3 rings (SSSR count). The maximum absolute atomic E-state index is 13.2. The quantitative estimate of drug-likeness (QED) is 0.738. The van der Waals surface area contributed by atoms with Crippen molar-refractivity contribution in [1.29, 1.82) is 0 Å². The molecule has 8 heteroatoms. The average Bonchev–Trinajstić information content (AvgIpc) is 3.02. The molecule has 0 radical (unpaired) electrons. The molecule has 29 heavy (non-hydrogen) atoms. The van der Waals surface area contributed by atoms with Crippen molar-refractivity contribution in [3.63, 3.8) is 0 Å². The normalized spacial score (nSPS) is 24.1. The first-order chi connectivity index (χ1) is 13.8. The van der Waals surface area contributed by atoms with Gasteiger partial charge in [0.25, 0.3) is 5.91 Å². The Kier molecular flexibility index (Phi) is 6.95. The van der Waals surface area contributed by atoms with Gasteiger partial charge in [0, 0.05) is 51.8 Å². The lowest BCUT2D eigenvalue weighted by Gasteiger charge is -2.46. The lowest BCUT2D eigenvalue weighted by molar-refractivity contribution is -0.128. The van der Waals surface area contributed by atoms with Gasteiger partial charge in [0.1, 0.15) is 5.76 Å². The highest BCUT2D eigenvalue weighted by molar-refractivity contribution is 5.94. The summed E-state index contributed by atoms with van der Waals surface area (Å²) in [6, 6.07) is 0.358. The van der Waals surface area contributed by atoms with Gasteiger partial charge < -0.3 is 24.5 Å². The molecule has 2 unspecified atom stereocenters. The van der Waals surface area contributed by atoms with Crippen LogP contribution in [0, 0.1) is 18.8 Å². The van der Waals surface area contributed by atoms with Gasteiger partial charge in [-0.2, -0.15) is 0 Å². The topological polar surface area (TPSA) is 81.9 Å². The van der Waals surface area contributed by atoms with Gasteiger partial charge in [-0.1, -0.05) is 5.16 Å². The Morgan fingerprint density at radius 1 is 1.24 bits per heavy atom. The molecule has 0 aromatic carbocycles. The predicted molar refractivity (Wildman–Crippen MR) is 110 cm³/mol. The van der Waals surface area contributed by atoms with E-state index in [9.17, 15) is 9.59 Å². The number of hydrogen-bond acceptors (Lipinski definition) is 6. The van der Waals surface area contributed by atoms with E-state index in [-0.39, 0.29) is 11.8 Å². The van der Waals surface area contributed by atoms with E-state index in [4.69, 9.17) is 4.52 Å². The van der Waals surface area contributed by atoms with Crippen LogP contribution in [0.5, 0.6) is 0 Å². The third kappa shape index (κ3) is 5.17. The number of carbonyl (C=O) groups excluding carboxylic acids is 2. The molecule has 8 nitrogen and oxygen atoms in total. The number of nitrogens with one attached hydrogen (secondary N) is 1. The van der Waals surface area contributed by atoms with Crippen LogP contribution in [0.2, 0.25) is 0 Å². The summed E-state index contributed by atoms with van der Waals surface area (Å²) in [7, 11) is 7.55. The lowest BCUT2D eigenvalue weighted by Crippen LogP contribution is -2.57. The van der Waals surface area contributed by atoms with E-state index in [2.05, 4.69) is 10.5 Å². The molecule has 2 aliphatic heterocycles. The lowest BCUT2D eigenvalue weighted by atomic mass is 9.79. The number of piperidine rings is 2. The fourth-order valence-electron chi connectivity index (χ4n) is 4.58. The second-order valence-corrected chi connectivity index (χ2v) is 9.07. The Labute approximate surface area is 173 Å². The number of carbonyl (C=O) groups is 2. The second-order valence-electron chi connectivity index (χ2n) is 9.07. The van der Waals surface area contributed by atoms with Crippen LogP contribution >= 0.6 is 0 Å². The molecule has 0 aliphatic carbocycles. The van der Waals surface area contributed by atoms with E-state index in [0.29, 0.717) is 42.3 Å². The minimum absolute atomic E-state index is 0.0168. The molecule has 1 N–H and O–H groups in total. The Hall–Kier alpha value is -1.93. The van der Waals surface area contributed by atoms with Gasteiger partial charge in [-0.15, -0.1) is 0 Å². The largest absolute Gasteiger partial charge is 0.361 e. The number of rotatable bonds is 7. The molecule has 2 fully saturated rings. The molecule has 0 spiro atoms. The minimum atomic E-state index is -0.0168. The summed E-state index contributed by atoms with van der Waals surface area (Å²) in [5.41, 5.74) is 1.34. The summed E-state index contributed by atoms with van der Waals surface area (Å²) in [6.07, 6.45) is 3.56. The van der Waals surface area contributed by atoms with E-state index >= 15 is 0 Å². The molecule has 162 valence electrons. The molecular weight excluding hydrogens is 370 g/mol. The Morgan fingerprint density at radius 3 is 2.69 bits per heavy atom. The molecule has 2 bridgehead atoms. The van der Waals surface area contributed by atoms with E-state index in [1.165, 1.54) is 0 Å². The fraction of sp³-hybridized carbons (Fsp3) is 0.762. The second kappa shape index (κ2) is 9.26. The first kappa shape index (κ1) is 21.8. The third-order valence-corrected chi connectivity index (χ3v) is 6.16. The molecule has 3 atom stereocenters. The Morgan fingerprint density at radius 2 is 2.00 bits per heavy atom. The number of nitrogens with zero attached hydrogens (tertiary/aromatic N) is 4. The Balaban J connectivity index is 1.63. The van der Waals surface area contributed by atoms with Crippen LogP contribution in [0.15, 0.2) is 4.52 Å². The van der Waals surface area contributed by atoms with Crippen LogP contribution < -0.4 is 5.32 Å². The van der Waals surface area contributed by atoms with Crippen molar-refractivity contribution in [2.75, 3.05) is 47.8 Å². The number of aryl methyl sites for hydroxylation is 1. The first-order valence-electron chi connectivity index (χ1n) is 10.6. The standard InChI is InChI=1S/C21H35N5O3/c1-14-17(13-24(2)3)20(23-29-14)21(28)26-11-15-9-16(12-26)18(22-10-15)7-6-8-19(27)25(4)5/h15-16,18,22H,6-13H2,1-5H3/t15?,16?,18-/m1/s1. The van der Waals surface area contributed by atoms with E-state index in [1.54, 1.807) is 19.0 Å². The van der Waals surface area contributed by atoms with Crippen molar-refractivity contribution in [1.82, 2.24) is 25.2 Å². The zero-order valence-electron chi connectivity index (χ0n) is 18.4. The van der Waals surface area contributed by atoms with Crippen molar-refractivity contribution in [3.05, 3.63) is 17.0 Å². The summed E-state index contributed by atoms with van der Waals surface area (Å²) in [4.78, 5) is 30.7. The van der Waals surface area contributed by atoms with Crippen molar-refractivity contribution in [2.24, 2.45) is 11.8 Å². The highest BCUT2D eigenvalue weighted by Crippen LogP contribution is 2.31. The number of hydrogen-bond donors (Lipinski definition) is 1. The van der Waals surface area contributed by atoms with Crippen LogP contribution in [0.3, 0.4) is 0 Å². The molecule has 2 amide bonds. The van der Waals surface area contributed by atoms with Gasteiger partial charge in [-0.05, 0) is 58.7 Å². The van der Waals surface area contributed by atoms with Crippen molar-refractivity contribution in [2.45, 2.75) is 45.2 Å². The van der Waals surface area contributed by atoms with Crippen LogP contribution in [-0.2, 0) is 11.3 Å². The smallest absolute Gasteiger partial charge is 0.276 e. The van der Waals surface area contributed by atoms with Crippen molar-refractivity contribution < 1.29 is 14.1 Å². The van der Waals surface area contributed by atoms with Crippen LogP contribution in [0.1, 0.15) is 47.5 Å². The average molecular weight is 406 g/mol. The van der Waals surface area contributed by atoms with Gasteiger partial charge in [-0.3, -0.25) is 9.59 Å². The third-order valence-electron chi connectivity index (χ3n) is 6.16. The van der Waals surface area contributed by atoms with Crippen LogP contribution in [0.4, 0.5) is 0 Å². The molecule has 2 aliphatic rings. The SMILES string of the molecule is Cc1onc(C(=O)N2CC3CN[C@H](CCCC(=O)N(C)C)C(C3)C2)c1CN(C)C. The molecule has 1 aromatic heterocycles. The van der Waals surface area contributed by atoms with Crippen LogP contribution in [0.25, 0.3) is 0 Å². The minimum Gasteiger partial charge on any atom is -0.361 e. The number of likely N-dealkylation sites (tertiary alicyclic amines) is 1. The van der Waals surface area contributed by atoms with Gasteiger partial charge in [-0.25, -0.2) is 0 Å². The number of fused-ring (bicyclic) bond motifs is 2. The van der Waals surface area contributed by atoms with Crippen molar-refractivity contribution >= 4 is 11.8 Å². The highest BCUT2D eigenvalue weighted by Gasteiger charge is 2.39. The summed E-state index contributed by atoms with van der Waals surface area (Å²) in [6.45, 7) is 4.93. The molecule has 0 saturated carbocycles. The first-order valence-corrected chi connectivity index (χ1v) is 10.6. The van der Waals surface area contributed by atoms with Gasteiger partial charge in [0.05, 0.1) is 0 Å². The fourth-order valence-corrected chi connectivity index (χ4v) is 4.58. The monoisotopic (exact) mass is 405 g/mol. The van der Waals surface area contributed by atoms with Gasteiger partial charge in [0.2, 0.25) is 5.91 Å². The van der Waals surface area contributed by atoms with Gasteiger partial charge in [0.15, 0.2) is 5.69 Å². The number of aromatic nitrogens is 1. The number of amides is 2. The molecular formula is C21H35N5O3. The summed E-state index contributed by atoms with van der Waals surface area (Å²) in [5, 5.41) is 7.75. The van der Waals surface area contributed by atoms with E-state index < -0.39 is 0 Å². The maximum Gasteiger partial charge on any atom is 0.276 e. The zero-order valence-corrected chi connectivity index (χ0v) is 18.4. The molecule has 3 heterocycles. The molecule has 1 aromatic rings. The summed E-state index contributed by atoms with van der Waals surface area (Å²) >= 11 is 0. The summed E-state index contributed by atoms with van der Waals surface area (Å²) in [5.74, 6) is 1.77. The van der Waals surface area contributed by atoms with E-state index in [0.717, 1.165) is 44.5 Å². The van der Waals surface area contributed by atoms with Gasteiger partial charge >= 0.3 is 0 Å². The predicted octanol–water partition coefficient (Wildman–Crippen LogP) is 1.35.